The number of aryl methyl sites for hydroxylation is 1. The average molecular weight is 579 g/mol. The third-order valence-corrected chi connectivity index (χ3v) is 7.30. The topological polar surface area (TPSA) is 136 Å². The number of hydrogen-bond acceptors (Lipinski definition) is 8. The Kier molecular flexibility index (Phi) is 7.28. The number of nitrogens with zero attached hydrogens (tertiary/aromatic N) is 3. The number of amides is 1. The smallest absolute Gasteiger partial charge is 0.272 e. The predicted octanol–water partition coefficient (Wildman–Crippen LogP) is 5.26. The van der Waals surface area contributed by atoms with Gasteiger partial charge < -0.3 is 24.7 Å². The highest BCUT2D eigenvalue weighted by Crippen LogP contribution is 2.40. The Morgan fingerprint density at radius 3 is 2.49 bits per heavy atom. The summed E-state index contributed by atoms with van der Waals surface area (Å²) in [6.07, 6.45) is 4.91. The maximum atomic E-state index is 13.7. The van der Waals surface area contributed by atoms with Crippen molar-refractivity contribution in [3.05, 3.63) is 59.9 Å². The largest absolute Gasteiger partial charge is 0.492 e. The van der Waals surface area contributed by atoms with Crippen LogP contribution in [0.2, 0.25) is 0 Å². The van der Waals surface area contributed by atoms with E-state index in [4.69, 9.17) is 9.47 Å². The van der Waals surface area contributed by atoms with Crippen molar-refractivity contribution < 1.29 is 22.7 Å². The molecule has 1 saturated carbocycles. The molecule has 1 aliphatic rings. The summed E-state index contributed by atoms with van der Waals surface area (Å²) in [6, 6.07) is 12.9. The summed E-state index contributed by atoms with van der Waals surface area (Å²) >= 11 is 0. The molecule has 2 heterocycles. The number of carbonyl (C=O) groups excluding carboxylic acids is 1. The molecule has 0 atom stereocenters. The first kappa shape index (κ1) is 28.2. The van der Waals surface area contributed by atoms with Gasteiger partial charge in [0.15, 0.2) is 11.5 Å². The SMILES string of the molecule is COc1c(NC(=O)c2cc3cccc(Oc4ccnc(NC5CC5)n4)c3n2C)cc(C(C)(C)C)cc1NS(C)(=O)=O. The average Bonchev–Trinajstić information content (AvgIpc) is 3.62. The van der Waals surface area contributed by atoms with Gasteiger partial charge in [-0.1, -0.05) is 32.9 Å². The molecule has 1 amide bonds. The van der Waals surface area contributed by atoms with Crippen molar-refractivity contribution >= 4 is 44.2 Å². The number of anilines is 3. The molecule has 11 nitrogen and oxygen atoms in total. The Bertz CT molecular complexity index is 1740. The number of nitrogens with one attached hydrogen (secondary N) is 3. The number of fused-ring (bicyclic) bond motifs is 1. The van der Waals surface area contributed by atoms with E-state index in [1.165, 1.54) is 7.11 Å². The highest BCUT2D eigenvalue weighted by Gasteiger charge is 2.25. The van der Waals surface area contributed by atoms with E-state index in [9.17, 15) is 13.2 Å². The molecular weight excluding hydrogens is 544 g/mol. The summed E-state index contributed by atoms with van der Waals surface area (Å²) in [5, 5.41) is 6.99. The minimum atomic E-state index is -3.60. The molecule has 12 heteroatoms. The summed E-state index contributed by atoms with van der Waals surface area (Å²) in [6.45, 7) is 6.00. The van der Waals surface area contributed by atoms with Crippen LogP contribution in [0.15, 0.2) is 48.7 Å². The predicted molar refractivity (Wildman–Crippen MR) is 160 cm³/mol. The molecular formula is C29H34N6O5S. The minimum Gasteiger partial charge on any atom is -0.492 e. The second-order valence-electron chi connectivity index (χ2n) is 11.2. The third-order valence-electron chi connectivity index (χ3n) is 6.71. The number of para-hydroxylation sites is 1. The van der Waals surface area contributed by atoms with Crippen LogP contribution < -0.4 is 24.8 Å². The van der Waals surface area contributed by atoms with Crippen molar-refractivity contribution in [2.75, 3.05) is 28.7 Å². The zero-order chi connectivity index (χ0) is 29.5. The second-order valence-corrected chi connectivity index (χ2v) is 13.0. The maximum Gasteiger partial charge on any atom is 0.272 e. The number of carbonyl (C=O) groups is 1. The lowest BCUT2D eigenvalue weighted by Gasteiger charge is -2.24. The molecule has 0 radical (unpaired) electrons. The van der Waals surface area contributed by atoms with E-state index in [0.29, 0.717) is 40.5 Å². The van der Waals surface area contributed by atoms with Crippen LogP contribution in [0.1, 0.15) is 49.7 Å². The number of ether oxygens (including phenoxy) is 2. The standard InChI is InChI=1S/C29H34N6O5S/c1-29(2,3)18-15-20(26(39-5)21(16-18)34-41(6,37)38)32-27(36)22-14-17-8-7-9-23(25(17)35(22)4)40-24-12-13-30-28(33-24)31-19-10-11-19/h7-9,12-16,19,34H,10-11H2,1-6H3,(H,32,36)(H,30,31,33). The number of benzene rings is 2. The third kappa shape index (κ3) is 6.37. The van der Waals surface area contributed by atoms with Gasteiger partial charge in [-0.3, -0.25) is 9.52 Å². The Hall–Kier alpha value is -4.32. The van der Waals surface area contributed by atoms with Crippen molar-refractivity contribution in [1.82, 2.24) is 14.5 Å². The molecule has 2 aromatic carbocycles. The van der Waals surface area contributed by atoms with Crippen molar-refractivity contribution in [3.63, 3.8) is 0 Å². The lowest BCUT2D eigenvalue weighted by Crippen LogP contribution is -2.19. The van der Waals surface area contributed by atoms with Crippen molar-refractivity contribution in [3.8, 4) is 17.4 Å². The first-order valence-electron chi connectivity index (χ1n) is 13.2. The normalized spacial score (nSPS) is 13.6. The van der Waals surface area contributed by atoms with Gasteiger partial charge in [0.2, 0.25) is 21.9 Å². The molecule has 0 saturated heterocycles. The van der Waals surface area contributed by atoms with Gasteiger partial charge in [-0.2, -0.15) is 4.98 Å². The number of aromatic nitrogens is 3. The molecule has 0 bridgehead atoms. The lowest BCUT2D eigenvalue weighted by molar-refractivity contribution is 0.101. The van der Waals surface area contributed by atoms with Gasteiger partial charge in [-0.25, -0.2) is 13.4 Å². The fourth-order valence-electron chi connectivity index (χ4n) is 4.51. The van der Waals surface area contributed by atoms with E-state index < -0.39 is 15.9 Å². The van der Waals surface area contributed by atoms with Gasteiger partial charge in [-0.15, -0.1) is 0 Å². The zero-order valence-corrected chi connectivity index (χ0v) is 24.7. The van der Waals surface area contributed by atoms with E-state index in [1.807, 2.05) is 39.0 Å². The Morgan fingerprint density at radius 1 is 1.10 bits per heavy atom. The second kappa shape index (κ2) is 10.6. The van der Waals surface area contributed by atoms with Crippen LogP contribution in [-0.4, -0.2) is 48.3 Å². The monoisotopic (exact) mass is 578 g/mol. The summed E-state index contributed by atoms with van der Waals surface area (Å²) < 4.78 is 40.1. The van der Waals surface area contributed by atoms with Crippen LogP contribution in [0, 0.1) is 0 Å². The van der Waals surface area contributed by atoms with E-state index in [-0.39, 0.29) is 16.9 Å². The Morgan fingerprint density at radius 2 is 1.83 bits per heavy atom. The molecule has 5 rings (SSSR count). The summed E-state index contributed by atoms with van der Waals surface area (Å²) in [4.78, 5) is 22.4. The van der Waals surface area contributed by atoms with Gasteiger partial charge in [0.05, 0.1) is 30.3 Å². The summed E-state index contributed by atoms with van der Waals surface area (Å²) in [7, 11) is -0.397. The molecule has 3 N–H and O–H groups in total. The van der Waals surface area contributed by atoms with Crippen molar-refractivity contribution in [1.29, 1.82) is 0 Å². The van der Waals surface area contributed by atoms with Gasteiger partial charge in [0, 0.05) is 30.7 Å². The van der Waals surface area contributed by atoms with Crippen LogP contribution in [0.5, 0.6) is 17.4 Å². The fraction of sp³-hybridized carbons (Fsp3) is 0.345. The number of methoxy groups -OCH3 is 1. The molecule has 4 aromatic rings. The maximum absolute atomic E-state index is 13.7. The highest BCUT2D eigenvalue weighted by atomic mass is 32.2. The highest BCUT2D eigenvalue weighted by molar-refractivity contribution is 7.92. The summed E-state index contributed by atoms with van der Waals surface area (Å²) in [5.74, 6) is 1.24. The van der Waals surface area contributed by atoms with Crippen molar-refractivity contribution in [2.45, 2.75) is 45.1 Å². The molecule has 1 aliphatic carbocycles. The van der Waals surface area contributed by atoms with Gasteiger partial charge in [0.25, 0.3) is 5.91 Å². The van der Waals surface area contributed by atoms with Crippen LogP contribution in [0.4, 0.5) is 17.3 Å². The molecule has 1 fully saturated rings. The molecule has 2 aromatic heterocycles. The zero-order valence-electron chi connectivity index (χ0n) is 23.9. The van der Waals surface area contributed by atoms with Crippen LogP contribution in [0.3, 0.4) is 0 Å². The number of rotatable bonds is 9. The number of hydrogen-bond donors (Lipinski definition) is 3. The Labute approximate surface area is 239 Å². The molecule has 41 heavy (non-hydrogen) atoms. The van der Waals surface area contributed by atoms with Gasteiger partial charge >= 0.3 is 0 Å². The molecule has 216 valence electrons. The molecule has 0 unspecified atom stereocenters. The molecule has 0 aliphatic heterocycles. The van der Waals surface area contributed by atoms with Crippen LogP contribution >= 0.6 is 0 Å². The van der Waals surface area contributed by atoms with E-state index in [0.717, 1.165) is 30.0 Å². The van der Waals surface area contributed by atoms with Crippen molar-refractivity contribution in [2.24, 2.45) is 7.05 Å². The first-order chi connectivity index (χ1) is 19.3. The van der Waals surface area contributed by atoms with Gasteiger partial charge in [-0.05, 0) is 48.1 Å². The van der Waals surface area contributed by atoms with Crippen LogP contribution in [0.25, 0.3) is 10.9 Å². The van der Waals surface area contributed by atoms with E-state index in [1.54, 1.807) is 42.1 Å². The van der Waals surface area contributed by atoms with Crippen LogP contribution in [-0.2, 0) is 22.5 Å². The fourth-order valence-corrected chi connectivity index (χ4v) is 5.06. The Balaban J connectivity index is 1.49. The van der Waals surface area contributed by atoms with E-state index >= 15 is 0 Å². The molecule has 0 spiro atoms. The number of sulfonamides is 1. The van der Waals surface area contributed by atoms with Gasteiger partial charge in [0.1, 0.15) is 5.69 Å². The van der Waals surface area contributed by atoms with E-state index in [2.05, 4.69) is 25.3 Å². The first-order valence-corrected chi connectivity index (χ1v) is 15.1. The summed E-state index contributed by atoms with van der Waals surface area (Å²) in [5.41, 5.74) is 2.15. The lowest BCUT2D eigenvalue weighted by atomic mass is 9.86. The minimum absolute atomic E-state index is 0.207. The quantitative estimate of drug-likeness (QED) is 0.245.